The van der Waals surface area contributed by atoms with Gasteiger partial charge in [-0.05, 0) is 20.0 Å². The second kappa shape index (κ2) is 8.13. The number of likely N-dealkylation sites (N-methyl/N-ethyl adjacent to an activating group) is 1. The van der Waals surface area contributed by atoms with Gasteiger partial charge in [0.25, 0.3) is 0 Å². The number of nitrogens with one attached hydrogen (secondary N) is 1. The van der Waals surface area contributed by atoms with Crippen LogP contribution in [0.2, 0.25) is 0 Å². The predicted molar refractivity (Wildman–Crippen MR) is 65.5 cm³/mol. The first-order valence-corrected chi connectivity index (χ1v) is 5.97. The van der Waals surface area contributed by atoms with Gasteiger partial charge < -0.3 is 14.8 Å². The molecule has 1 rings (SSSR count). The third kappa shape index (κ3) is 4.33. The zero-order chi connectivity index (χ0) is 13.4. The Balaban J connectivity index is 2.52. The van der Waals surface area contributed by atoms with E-state index in [4.69, 9.17) is 9.47 Å². The lowest BCUT2D eigenvalue weighted by Crippen LogP contribution is -2.24. The Morgan fingerprint density at radius 2 is 1.94 bits per heavy atom. The molecular formula is C13H19F2NO2. The summed E-state index contributed by atoms with van der Waals surface area (Å²) in [5.74, 6) is -1.67. The van der Waals surface area contributed by atoms with Crippen molar-refractivity contribution < 1.29 is 18.3 Å². The average molecular weight is 259 g/mol. The van der Waals surface area contributed by atoms with Gasteiger partial charge in [-0.25, -0.2) is 8.78 Å². The second-order valence-corrected chi connectivity index (χ2v) is 3.76. The summed E-state index contributed by atoms with van der Waals surface area (Å²) in [4.78, 5) is 0. The molecule has 102 valence electrons. The Hall–Kier alpha value is -1.04. The minimum atomic E-state index is -0.845. The van der Waals surface area contributed by atoms with E-state index in [0.717, 1.165) is 6.07 Å². The van der Waals surface area contributed by atoms with Crippen molar-refractivity contribution in [1.29, 1.82) is 0 Å². The molecule has 0 bridgehead atoms. The first kappa shape index (κ1) is 15.0. The fraction of sp³-hybridized carbons (Fsp3) is 0.538. The molecule has 1 N–H and O–H groups in total. The van der Waals surface area contributed by atoms with Gasteiger partial charge in [0, 0.05) is 12.2 Å². The molecule has 0 saturated carbocycles. The molecule has 0 saturated heterocycles. The molecule has 1 aromatic carbocycles. The van der Waals surface area contributed by atoms with Gasteiger partial charge in [-0.1, -0.05) is 12.1 Å². The molecule has 1 unspecified atom stereocenters. The molecule has 0 radical (unpaired) electrons. The zero-order valence-electron chi connectivity index (χ0n) is 10.7. The molecule has 0 aliphatic heterocycles. The lowest BCUT2D eigenvalue weighted by atomic mass is 10.1. The number of hydrogen-bond donors (Lipinski definition) is 1. The third-order valence-electron chi connectivity index (χ3n) is 2.57. The first-order chi connectivity index (χ1) is 8.70. The summed E-state index contributed by atoms with van der Waals surface area (Å²) in [5.41, 5.74) is 0.272. The van der Waals surface area contributed by atoms with Crippen LogP contribution in [0, 0.1) is 11.6 Å². The molecular weight excluding hydrogens is 240 g/mol. The third-order valence-corrected chi connectivity index (χ3v) is 2.57. The van der Waals surface area contributed by atoms with E-state index in [2.05, 4.69) is 5.32 Å². The van der Waals surface area contributed by atoms with Crippen LogP contribution in [0.3, 0.4) is 0 Å². The number of ether oxygens (including phenoxy) is 2. The maximum Gasteiger partial charge on any atom is 0.163 e. The number of rotatable bonds is 8. The summed E-state index contributed by atoms with van der Waals surface area (Å²) in [6.07, 6.45) is 0. The molecule has 0 spiro atoms. The van der Waals surface area contributed by atoms with Crippen molar-refractivity contribution in [3.63, 3.8) is 0 Å². The van der Waals surface area contributed by atoms with E-state index in [1.165, 1.54) is 6.07 Å². The summed E-state index contributed by atoms with van der Waals surface area (Å²) in [6.45, 7) is 3.74. The van der Waals surface area contributed by atoms with Crippen LogP contribution in [0.25, 0.3) is 0 Å². The van der Waals surface area contributed by atoms with E-state index in [9.17, 15) is 8.78 Å². The minimum absolute atomic E-state index is 0.268. The zero-order valence-corrected chi connectivity index (χ0v) is 10.7. The first-order valence-electron chi connectivity index (χ1n) is 5.97. The van der Waals surface area contributed by atoms with E-state index in [1.54, 1.807) is 13.1 Å². The summed E-state index contributed by atoms with van der Waals surface area (Å²) in [6, 6.07) is 3.76. The van der Waals surface area contributed by atoms with Gasteiger partial charge >= 0.3 is 0 Å². The summed E-state index contributed by atoms with van der Waals surface area (Å²) >= 11 is 0. The monoisotopic (exact) mass is 259 g/mol. The number of halogens is 2. The molecule has 0 aliphatic rings. The number of hydrogen-bond acceptors (Lipinski definition) is 3. The standard InChI is InChI=1S/C13H19F2NO2/c1-3-17-7-8-18-9-12(16-2)10-5-4-6-11(14)13(10)15/h4-6,12,16H,3,7-9H2,1-2H3. The van der Waals surface area contributed by atoms with Crippen molar-refractivity contribution in [3.8, 4) is 0 Å². The highest BCUT2D eigenvalue weighted by molar-refractivity contribution is 5.22. The predicted octanol–water partition coefficient (Wildman–Crippen LogP) is 2.28. The highest BCUT2D eigenvalue weighted by atomic mass is 19.2. The van der Waals surface area contributed by atoms with Crippen LogP contribution < -0.4 is 5.32 Å². The SMILES string of the molecule is CCOCCOCC(NC)c1cccc(F)c1F. The molecule has 1 atom stereocenters. The molecule has 18 heavy (non-hydrogen) atoms. The topological polar surface area (TPSA) is 30.5 Å². The van der Waals surface area contributed by atoms with Gasteiger partial charge in [0.2, 0.25) is 0 Å². The maximum atomic E-state index is 13.6. The molecule has 0 fully saturated rings. The minimum Gasteiger partial charge on any atom is -0.379 e. The summed E-state index contributed by atoms with van der Waals surface area (Å²) in [5, 5.41) is 2.90. The molecule has 0 heterocycles. The van der Waals surface area contributed by atoms with E-state index >= 15 is 0 Å². The van der Waals surface area contributed by atoms with Crippen molar-refractivity contribution in [2.75, 3.05) is 33.5 Å². The highest BCUT2D eigenvalue weighted by Gasteiger charge is 2.16. The van der Waals surface area contributed by atoms with Crippen molar-refractivity contribution in [2.45, 2.75) is 13.0 Å². The van der Waals surface area contributed by atoms with Crippen LogP contribution in [0.5, 0.6) is 0 Å². The number of benzene rings is 1. The molecule has 0 aliphatic carbocycles. The van der Waals surface area contributed by atoms with Gasteiger partial charge in [-0.15, -0.1) is 0 Å². The smallest absolute Gasteiger partial charge is 0.163 e. The van der Waals surface area contributed by atoms with Crippen LogP contribution in [0.4, 0.5) is 8.78 Å². The van der Waals surface area contributed by atoms with E-state index in [1.807, 2.05) is 6.92 Å². The van der Waals surface area contributed by atoms with Gasteiger partial charge in [-0.3, -0.25) is 0 Å². The molecule has 0 amide bonds. The van der Waals surface area contributed by atoms with Crippen LogP contribution in [0.1, 0.15) is 18.5 Å². The summed E-state index contributed by atoms with van der Waals surface area (Å²) < 4.78 is 37.2. The highest BCUT2D eigenvalue weighted by Crippen LogP contribution is 2.19. The Morgan fingerprint density at radius 3 is 2.61 bits per heavy atom. The maximum absolute atomic E-state index is 13.6. The van der Waals surface area contributed by atoms with Gasteiger partial charge in [0.05, 0.1) is 25.9 Å². The molecule has 1 aromatic rings. The molecule has 0 aromatic heterocycles. The van der Waals surface area contributed by atoms with E-state index in [-0.39, 0.29) is 18.2 Å². The van der Waals surface area contributed by atoms with Gasteiger partial charge in [0.15, 0.2) is 11.6 Å². The van der Waals surface area contributed by atoms with Crippen LogP contribution in [-0.2, 0) is 9.47 Å². The fourth-order valence-corrected chi connectivity index (χ4v) is 1.58. The largest absolute Gasteiger partial charge is 0.379 e. The van der Waals surface area contributed by atoms with Crippen LogP contribution in [-0.4, -0.2) is 33.5 Å². The van der Waals surface area contributed by atoms with E-state index < -0.39 is 11.6 Å². The van der Waals surface area contributed by atoms with Gasteiger partial charge in [-0.2, -0.15) is 0 Å². The van der Waals surface area contributed by atoms with Crippen LogP contribution in [0.15, 0.2) is 18.2 Å². The average Bonchev–Trinajstić information content (AvgIpc) is 2.38. The fourth-order valence-electron chi connectivity index (χ4n) is 1.58. The Bertz CT molecular complexity index is 361. The lowest BCUT2D eigenvalue weighted by Gasteiger charge is -2.17. The Labute approximate surface area is 106 Å². The Kier molecular flexibility index (Phi) is 6.78. The molecule has 5 heteroatoms. The molecule has 3 nitrogen and oxygen atoms in total. The second-order valence-electron chi connectivity index (χ2n) is 3.76. The van der Waals surface area contributed by atoms with E-state index in [0.29, 0.717) is 19.8 Å². The Morgan fingerprint density at radius 1 is 1.22 bits per heavy atom. The van der Waals surface area contributed by atoms with Crippen molar-refractivity contribution in [2.24, 2.45) is 0 Å². The normalized spacial score (nSPS) is 12.7. The van der Waals surface area contributed by atoms with Crippen molar-refractivity contribution in [1.82, 2.24) is 5.32 Å². The van der Waals surface area contributed by atoms with Gasteiger partial charge in [0.1, 0.15) is 0 Å². The van der Waals surface area contributed by atoms with Crippen LogP contribution >= 0.6 is 0 Å². The van der Waals surface area contributed by atoms with Crippen molar-refractivity contribution >= 4 is 0 Å². The van der Waals surface area contributed by atoms with Crippen molar-refractivity contribution in [3.05, 3.63) is 35.4 Å². The quantitative estimate of drug-likeness (QED) is 0.726. The lowest BCUT2D eigenvalue weighted by molar-refractivity contribution is 0.0437. The summed E-state index contributed by atoms with van der Waals surface area (Å²) in [7, 11) is 1.68.